The SMILES string of the molecule is COc1cc([N+](=O)[O-])ccc1NC(=O)Cc1ccn[nH]1. The Labute approximate surface area is 113 Å². The van der Waals surface area contributed by atoms with Crippen LogP contribution in [0.4, 0.5) is 11.4 Å². The number of nitrogens with one attached hydrogen (secondary N) is 2. The molecule has 0 spiro atoms. The van der Waals surface area contributed by atoms with Crippen LogP contribution in [0.25, 0.3) is 0 Å². The fourth-order valence-electron chi connectivity index (χ4n) is 1.65. The number of hydrogen-bond donors (Lipinski definition) is 2. The molecule has 0 unspecified atom stereocenters. The number of anilines is 1. The maximum atomic E-state index is 11.8. The van der Waals surface area contributed by atoms with Crippen molar-refractivity contribution in [3.63, 3.8) is 0 Å². The highest BCUT2D eigenvalue weighted by Gasteiger charge is 2.13. The summed E-state index contributed by atoms with van der Waals surface area (Å²) in [5, 5.41) is 19.7. The van der Waals surface area contributed by atoms with E-state index in [1.807, 2.05) is 0 Å². The Bertz CT molecular complexity index is 624. The molecular weight excluding hydrogens is 264 g/mol. The summed E-state index contributed by atoms with van der Waals surface area (Å²) in [6, 6.07) is 5.68. The number of amides is 1. The standard InChI is InChI=1S/C12H12N4O4/c1-20-11-7-9(16(18)19)2-3-10(11)14-12(17)6-8-4-5-13-15-8/h2-5,7H,6H2,1H3,(H,13,15)(H,14,17). The van der Waals surface area contributed by atoms with Gasteiger partial charge in [0.15, 0.2) is 0 Å². The number of non-ortho nitro benzene ring substituents is 1. The lowest BCUT2D eigenvalue weighted by molar-refractivity contribution is -0.384. The predicted molar refractivity (Wildman–Crippen MR) is 70.6 cm³/mol. The molecule has 0 saturated carbocycles. The molecule has 8 heteroatoms. The zero-order valence-electron chi connectivity index (χ0n) is 10.6. The Balaban J connectivity index is 2.12. The minimum absolute atomic E-state index is 0.103. The number of H-pyrrole nitrogens is 1. The number of carbonyl (C=O) groups excluding carboxylic acids is 1. The van der Waals surface area contributed by atoms with E-state index in [0.717, 1.165) is 0 Å². The number of hydrogen-bond acceptors (Lipinski definition) is 5. The maximum absolute atomic E-state index is 11.8. The Morgan fingerprint density at radius 3 is 2.90 bits per heavy atom. The van der Waals surface area contributed by atoms with Crippen LogP contribution in [-0.4, -0.2) is 28.1 Å². The molecule has 8 nitrogen and oxygen atoms in total. The van der Waals surface area contributed by atoms with Gasteiger partial charge in [-0.3, -0.25) is 20.0 Å². The minimum atomic E-state index is -0.529. The second kappa shape index (κ2) is 5.83. The van der Waals surface area contributed by atoms with Crippen LogP contribution in [-0.2, 0) is 11.2 Å². The number of nitro groups is 1. The first-order valence-electron chi connectivity index (χ1n) is 5.70. The summed E-state index contributed by atoms with van der Waals surface area (Å²) in [7, 11) is 1.38. The topological polar surface area (TPSA) is 110 Å². The van der Waals surface area contributed by atoms with Gasteiger partial charge in [-0.2, -0.15) is 5.10 Å². The van der Waals surface area contributed by atoms with Gasteiger partial charge in [-0.1, -0.05) is 0 Å². The third-order valence-electron chi connectivity index (χ3n) is 2.58. The highest BCUT2D eigenvalue weighted by atomic mass is 16.6. The van der Waals surface area contributed by atoms with Crippen LogP contribution in [0.15, 0.2) is 30.5 Å². The zero-order chi connectivity index (χ0) is 14.5. The van der Waals surface area contributed by atoms with E-state index in [0.29, 0.717) is 11.4 Å². The second-order valence-corrected chi connectivity index (χ2v) is 3.95. The number of carbonyl (C=O) groups is 1. The van der Waals surface area contributed by atoms with E-state index in [1.165, 1.54) is 25.3 Å². The average molecular weight is 276 g/mol. The Kier molecular flexibility index (Phi) is 3.94. The molecule has 0 atom stereocenters. The van der Waals surface area contributed by atoms with E-state index in [-0.39, 0.29) is 23.8 Å². The van der Waals surface area contributed by atoms with Crippen LogP contribution >= 0.6 is 0 Å². The molecule has 2 N–H and O–H groups in total. The van der Waals surface area contributed by atoms with Gasteiger partial charge >= 0.3 is 0 Å². The Hall–Kier alpha value is -2.90. The predicted octanol–water partition coefficient (Wildman–Crippen LogP) is 1.51. The fraction of sp³-hybridized carbons (Fsp3) is 0.167. The highest BCUT2D eigenvalue weighted by molar-refractivity contribution is 5.93. The largest absolute Gasteiger partial charge is 0.494 e. The van der Waals surface area contributed by atoms with Gasteiger partial charge in [0.1, 0.15) is 5.75 Å². The van der Waals surface area contributed by atoms with Crippen LogP contribution < -0.4 is 10.1 Å². The highest BCUT2D eigenvalue weighted by Crippen LogP contribution is 2.28. The van der Waals surface area contributed by atoms with Crippen molar-refractivity contribution in [3.05, 3.63) is 46.3 Å². The van der Waals surface area contributed by atoms with E-state index < -0.39 is 4.92 Å². The van der Waals surface area contributed by atoms with E-state index >= 15 is 0 Å². The third kappa shape index (κ3) is 3.10. The molecule has 0 aliphatic carbocycles. The molecule has 0 aliphatic heterocycles. The van der Waals surface area contributed by atoms with Crippen LogP contribution in [0.2, 0.25) is 0 Å². The van der Waals surface area contributed by atoms with Crippen molar-refractivity contribution in [1.82, 2.24) is 10.2 Å². The van der Waals surface area contributed by atoms with E-state index in [4.69, 9.17) is 4.74 Å². The van der Waals surface area contributed by atoms with Crippen molar-refractivity contribution in [3.8, 4) is 5.75 Å². The van der Waals surface area contributed by atoms with Gasteiger partial charge in [0, 0.05) is 18.0 Å². The number of rotatable bonds is 5. The first-order chi connectivity index (χ1) is 9.60. The van der Waals surface area contributed by atoms with Crippen molar-refractivity contribution in [2.75, 3.05) is 12.4 Å². The quantitative estimate of drug-likeness (QED) is 0.635. The number of methoxy groups -OCH3 is 1. The van der Waals surface area contributed by atoms with Crippen LogP contribution in [0, 0.1) is 10.1 Å². The van der Waals surface area contributed by atoms with Gasteiger partial charge in [-0.25, -0.2) is 0 Å². The molecule has 0 radical (unpaired) electrons. The summed E-state index contributed by atoms with van der Waals surface area (Å²) >= 11 is 0. The number of nitro benzene ring substituents is 1. The van der Waals surface area contributed by atoms with E-state index in [9.17, 15) is 14.9 Å². The van der Waals surface area contributed by atoms with Gasteiger partial charge in [-0.05, 0) is 12.1 Å². The molecular formula is C12H12N4O4. The van der Waals surface area contributed by atoms with E-state index in [2.05, 4.69) is 15.5 Å². The maximum Gasteiger partial charge on any atom is 0.273 e. The molecule has 0 aliphatic rings. The zero-order valence-corrected chi connectivity index (χ0v) is 10.6. The van der Waals surface area contributed by atoms with Gasteiger partial charge in [0.25, 0.3) is 5.69 Å². The lowest BCUT2D eigenvalue weighted by atomic mass is 10.2. The molecule has 1 aromatic carbocycles. The molecule has 2 rings (SSSR count). The first-order valence-corrected chi connectivity index (χ1v) is 5.70. The van der Waals surface area contributed by atoms with Crippen molar-refractivity contribution < 1.29 is 14.5 Å². The molecule has 0 bridgehead atoms. The Morgan fingerprint density at radius 1 is 1.50 bits per heavy atom. The number of aromatic amines is 1. The molecule has 2 aromatic rings. The monoisotopic (exact) mass is 276 g/mol. The molecule has 0 saturated heterocycles. The van der Waals surface area contributed by atoms with Crippen molar-refractivity contribution in [2.45, 2.75) is 6.42 Å². The minimum Gasteiger partial charge on any atom is -0.494 e. The Morgan fingerprint density at radius 2 is 2.30 bits per heavy atom. The summed E-state index contributed by atoms with van der Waals surface area (Å²) in [5.41, 5.74) is 0.944. The van der Waals surface area contributed by atoms with Crippen LogP contribution in [0.1, 0.15) is 5.69 Å². The lowest BCUT2D eigenvalue weighted by Crippen LogP contribution is -2.15. The van der Waals surface area contributed by atoms with E-state index in [1.54, 1.807) is 12.3 Å². The summed E-state index contributed by atoms with van der Waals surface area (Å²) in [4.78, 5) is 22.0. The smallest absolute Gasteiger partial charge is 0.273 e. The van der Waals surface area contributed by atoms with Gasteiger partial charge in [0.05, 0.1) is 30.2 Å². The van der Waals surface area contributed by atoms with Crippen LogP contribution in [0.3, 0.4) is 0 Å². The van der Waals surface area contributed by atoms with Crippen molar-refractivity contribution in [2.24, 2.45) is 0 Å². The van der Waals surface area contributed by atoms with Gasteiger partial charge in [-0.15, -0.1) is 0 Å². The number of benzene rings is 1. The second-order valence-electron chi connectivity index (χ2n) is 3.95. The summed E-state index contributed by atoms with van der Waals surface area (Å²) in [5.74, 6) is -0.0430. The lowest BCUT2D eigenvalue weighted by Gasteiger charge is -2.09. The molecule has 20 heavy (non-hydrogen) atoms. The fourth-order valence-corrected chi connectivity index (χ4v) is 1.65. The number of ether oxygens (including phenoxy) is 1. The third-order valence-corrected chi connectivity index (χ3v) is 2.58. The number of nitrogens with zero attached hydrogens (tertiary/aromatic N) is 2. The molecule has 1 heterocycles. The van der Waals surface area contributed by atoms with Crippen molar-refractivity contribution >= 4 is 17.3 Å². The molecule has 1 amide bonds. The molecule has 104 valence electrons. The van der Waals surface area contributed by atoms with Gasteiger partial charge < -0.3 is 10.1 Å². The summed E-state index contributed by atoms with van der Waals surface area (Å²) in [6.45, 7) is 0. The average Bonchev–Trinajstić information content (AvgIpc) is 2.91. The van der Waals surface area contributed by atoms with Crippen LogP contribution in [0.5, 0.6) is 5.75 Å². The normalized spacial score (nSPS) is 10.1. The summed E-state index contributed by atoms with van der Waals surface area (Å²) in [6.07, 6.45) is 1.68. The molecule has 1 aromatic heterocycles. The summed E-state index contributed by atoms with van der Waals surface area (Å²) < 4.78 is 5.03. The van der Waals surface area contributed by atoms with Crippen molar-refractivity contribution in [1.29, 1.82) is 0 Å². The molecule has 0 fully saturated rings. The first kappa shape index (κ1) is 13.5. The number of aromatic nitrogens is 2. The van der Waals surface area contributed by atoms with Gasteiger partial charge in [0.2, 0.25) is 5.91 Å².